The molecule has 24 heavy (non-hydrogen) atoms. The summed E-state index contributed by atoms with van der Waals surface area (Å²) in [6.45, 7) is 2.15. The quantitative estimate of drug-likeness (QED) is 0.480. The number of hydrogen-bond acceptors (Lipinski definition) is 4. The number of nitriles is 1. The lowest BCUT2D eigenvalue weighted by Gasteiger charge is -2.08. The molecule has 1 aromatic heterocycles. The highest BCUT2D eigenvalue weighted by molar-refractivity contribution is 6.03. The van der Waals surface area contributed by atoms with Crippen LogP contribution in [-0.4, -0.2) is 42.0 Å². The fourth-order valence-electron chi connectivity index (χ4n) is 2.40. The third-order valence-corrected chi connectivity index (χ3v) is 3.48. The van der Waals surface area contributed by atoms with Crippen molar-refractivity contribution in [2.24, 2.45) is 0 Å². The number of likely N-dealkylation sites (N-methyl/N-ethyl adjacent to an activating group) is 1. The van der Waals surface area contributed by atoms with Gasteiger partial charge < -0.3 is 14.2 Å². The normalized spacial score (nSPS) is 11.2. The smallest absolute Gasteiger partial charge is 0.325 e. The molecule has 2 aromatic rings. The number of carbonyl (C=O) groups is 2. The Kier molecular flexibility index (Phi) is 5.38. The van der Waals surface area contributed by atoms with Crippen LogP contribution in [0.5, 0.6) is 0 Å². The summed E-state index contributed by atoms with van der Waals surface area (Å²) in [5.41, 5.74) is 1.59. The molecule has 0 saturated heterocycles. The van der Waals surface area contributed by atoms with E-state index in [0.717, 1.165) is 10.9 Å². The van der Waals surface area contributed by atoms with Gasteiger partial charge >= 0.3 is 5.97 Å². The second kappa shape index (κ2) is 7.47. The van der Waals surface area contributed by atoms with E-state index in [-0.39, 0.29) is 24.0 Å². The van der Waals surface area contributed by atoms with E-state index >= 15 is 0 Å². The van der Waals surface area contributed by atoms with Gasteiger partial charge in [-0.1, -0.05) is 18.2 Å². The Hall–Kier alpha value is -3.07. The first-order chi connectivity index (χ1) is 11.5. The van der Waals surface area contributed by atoms with Gasteiger partial charge in [-0.05, 0) is 19.1 Å². The van der Waals surface area contributed by atoms with E-state index in [1.807, 2.05) is 30.3 Å². The molecule has 0 saturated carbocycles. The highest BCUT2D eigenvalue weighted by atomic mass is 16.5. The topological polar surface area (TPSA) is 75.3 Å². The Balaban J connectivity index is 2.50. The first-order valence-corrected chi connectivity index (χ1v) is 7.54. The van der Waals surface area contributed by atoms with Crippen LogP contribution in [0.25, 0.3) is 17.0 Å². The van der Waals surface area contributed by atoms with Crippen molar-refractivity contribution in [1.29, 1.82) is 5.26 Å². The molecule has 6 heteroatoms. The average Bonchev–Trinajstić information content (AvgIpc) is 2.90. The summed E-state index contributed by atoms with van der Waals surface area (Å²) >= 11 is 0. The molecule has 0 radical (unpaired) electrons. The van der Waals surface area contributed by atoms with Gasteiger partial charge in [-0.2, -0.15) is 5.26 Å². The Labute approximate surface area is 140 Å². The standard InChI is InChI=1S/C18H19N3O3/c1-4-24-17(22)12-21-11-14(15-7-5-6-8-16(15)21)9-13(10-19)18(23)20(2)3/h5-9,11H,4,12H2,1-3H3/b13-9-. The van der Waals surface area contributed by atoms with Crippen LogP contribution in [0.4, 0.5) is 0 Å². The Morgan fingerprint density at radius 3 is 2.67 bits per heavy atom. The third-order valence-electron chi connectivity index (χ3n) is 3.48. The summed E-state index contributed by atoms with van der Waals surface area (Å²) in [5, 5.41) is 10.1. The zero-order valence-electron chi connectivity index (χ0n) is 13.9. The molecular weight excluding hydrogens is 306 g/mol. The fourth-order valence-corrected chi connectivity index (χ4v) is 2.40. The molecular formula is C18H19N3O3. The Morgan fingerprint density at radius 2 is 2.04 bits per heavy atom. The van der Waals surface area contributed by atoms with E-state index in [0.29, 0.717) is 12.2 Å². The van der Waals surface area contributed by atoms with Gasteiger partial charge in [0.1, 0.15) is 18.2 Å². The molecule has 124 valence electrons. The highest BCUT2D eigenvalue weighted by Gasteiger charge is 2.15. The number of aromatic nitrogens is 1. The third kappa shape index (κ3) is 3.63. The molecule has 0 fully saturated rings. The number of esters is 1. The van der Waals surface area contributed by atoms with Crippen molar-refractivity contribution in [2.45, 2.75) is 13.5 Å². The van der Waals surface area contributed by atoms with Crippen LogP contribution in [0.1, 0.15) is 12.5 Å². The van der Waals surface area contributed by atoms with Crippen LogP contribution in [0.15, 0.2) is 36.0 Å². The molecule has 0 atom stereocenters. The van der Waals surface area contributed by atoms with Gasteiger partial charge in [0, 0.05) is 36.8 Å². The van der Waals surface area contributed by atoms with Gasteiger partial charge in [-0.25, -0.2) is 0 Å². The van der Waals surface area contributed by atoms with Crippen molar-refractivity contribution >= 4 is 28.9 Å². The van der Waals surface area contributed by atoms with E-state index in [4.69, 9.17) is 4.74 Å². The van der Waals surface area contributed by atoms with E-state index in [1.165, 1.54) is 4.90 Å². The maximum atomic E-state index is 12.0. The molecule has 1 amide bonds. The van der Waals surface area contributed by atoms with E-state index in [9.17, 15) is 14.9 Å². The lowest BCUT2D eigenvalue weighted by Crippen LogP contribution is -2.22. The van der Waals surface area contributed by atoms with Crippen molar-refractivity contribution in [3.8, 4) is 6.07 Å². The van der Waals surface area contributed by atoms with Gasteiger partial charge in [0.2, 0.25) is 0 Å². The summed E-state index contributed by atoms with van der Waals surface area (Å²) in [4.78, 5) is 25.2. The maximum absolute atomic E-state index is 12.0. The van der Waals surface area contributed by atoms with Crippen LogP contribution in [0, 0.1) is 11.3 Å². The number of amides is 1. The molecule has 0 bridgehead atoms. The molecule has 0 aliphatic heterocycles. The molecule has 2 rings (SSSR count). The molecule has 0 N–H and O–H groups in total. The minimum atomic E-state index is -0.361. The van der Waals surface area contributed by atoms with Crippen molar-refractivity contribution in [2.75, 3.05) is 20.7 Å². The lowest BCUT2D eigenvalue weighted by molar-refractivity contribution is -0.143. The number of para-hydroxylation sites is 1. The van der Waals surface area contributed by atoms with E-state index in [1.54, 1.807) is 37.9 Å². The number of rotatable bonds is 5. The van der Waals surface area contributed by atoms with Gasteiger partial charge in [-0.3, -0.25) is 9.59 Å². The van der Waals surface area contributed by atoms with E-state index in [2.05, 4.69) is 0 Å². The van der Waals surface area contributed by atoms with Crippen LogP contribution in [0.3, 0.4) is 0 Å². The Bertz CT molecular complexity index is 841. The highest BCUT2D eigenvalue weighted by Crippen LogP contribution is 2.24. The minimum absolute atomic E-state index is 0.0408. The predicted octanol–water partition coefficient (Wildman–Crippen LogP) is 2.20. The average molecular weight is 325 g/mol. The summed E-state index contributed by atoms with van der Waals surface area (Å²) in [7, 11) is 3.19. The monoisotopic (exact) mass is 325 g/mol. The number of ether oxygens (including phenoxy) is 1. The van der Waals surface area contributed by atoms with Crippen LogP contribution >= 0.6 is 0 Å². The molecule has 6 nitrogen and oxygen atoms in total. The van der Waals surface area contributed by atoms with Gasteiger partial charge in [0.05, 0.1) is 6.61 Å². The molecule has 0 aliphatic rings. The number of hydrogen-bond donors (Lipinski definition) is 0. The van der Waals surface area contributed by atoms with Crippen LogP contribution < -0.4 is 0 Å². The zero-order chi connectivity index (χ0) is 17.7. The first-order valence-electron chi connectivity index (χ1n) is 7.54. The van der Waals surface area contributed by atoms with Crippen molar-refractivity contribution < 1.29 is 14.3 Å². The minimum Gasteiger partial charge on any atom is -0.465 e. The van der Waals surface area contributed by atoms with Gasteiger partial charge in [0.25, 0.3) is 5.91 Å². The van der Waals surface area contributed by atoms with Crippen LogP contribution in [0.2, 0.25) is 0 Å². The number of nitrogens with zero attached hydrogens (tertiary/aromatic N) is 3. The number of carbonyl (C=O) groups excluding carboxylic acids is 2. The second-order valence-electron chi connectivity index (χ2n) is 5.40. The van der Waals surface area contributed by atoms with Crippen molar-refractivity contribution in [1.82, 2.24) is 9.47 Å². The number of benzene rings is 1. The van der Waals surface area contributed by atoms with Crippen LogP contribution in [-0.2, 0) is 20.9 Å². The van der Waals surface area contributed by atoms with Gasteiger partial charge in [0.15, 0.2) is 0 Å². The van der Waals surface area contributed by atoms with Crippen molar-refractivity contribution in [3.63, 3.8) is 0 Å². The first kappa shape index (κ1) is 17.3. The fraction of sp³-hybridized carbons (Fsp3) is 0.278. The summed E-state index contributed by atoms with van der Waals surface area (Å²) in [6, 6.07) is 9.44. The lowest BCUT2D eigenvalue weighted by atomic mass is 10.1. The van der Waals surface area contributed by atoms with E-state index < -0.39 is 0 Å². The molecule has 0 aliphatic carbocycles. The molecule has 0 spiro atoms. The summed E-state index contributed by atoms with van der Waals surface area (Å²) < 4.78 is 6.75. The number of fused-ring (bicyclic) bond motifs is 1. The van der Waals surface area contributed by atoms with Crippen molar-refractivity contribution in [3.05, 3.63) is 41.6 Å². The van der Waals surface area contributed by atoms with Gasteiger partial charge in [-0.15, -0.1) is 0 Å². The Morgan fingerprint density at radius 1 is 1.33 bits per heavy atom. The zero-order valence-corrected chi connectivity index (χ0v) is 13.9. The molecule has 0 unspecified atom stereocenters. The second-order valence-corrected chi connectivity index (χ2v) is 5.40. The summed E-state index contributed by atoms with van der Waals surface area (Å²) in [5.74, 6) is -0.696. The SMILES string of the molecule is CCOC(=O)Cn1cc(/C=C(/C#N)C(=O)N(C)C)c2ccccc21. The predicted molar refractivity (Wildman–Crippen MR) is 90.9 cm³/mol. The largest absolute Gasteiger partial charge is 0.465 e. The molecule has 1 aromatic carbocycles. The maximum Gasteiger partial charge on any atom is 0.325 e. The molecule has 1 heterocycles. The summed E-state index contributed by atoms with van der Waals surface area (Å²) in [6.07, 6.45) is 3.30.